The van der Waals surface area contributed by atoms with E-state index >= 15 is 0 Å². The molecule has 25 heavy (non-hydrogen) atoms. The number of benzene rings is 2. The Balaban J connectivity index is 0.00000182. The van der Waals surface area contributed by atoms with Gasteiger partial charge in [0.2, 0.25) is 0 Å². The van der Waals surface area contributed by atoms with Crippen molar-refractivity contribution in [1.29, 1.82) is 0 Å². The molecule has 0 spiro atoms. The van der Waals surface area contributed by atoms with Crippen LogP contribution in [0.4, 0.5) is 0 Å². The molecule has 2 heterocycles. The molecule has 5 heteroatoms. The van der Waals surface area contributed by atoms with Crippen LogP contribution in [-0.4, -0.2) is 24.0 Å². The van der Waals surface area contributed by atoms with E-state index in [0.717, 1.165) is 18.6 Å². The maximum absolute atomic E-state index is 12.7. The number of carbonyl (C=O) groups excluding carboxylic acids is 1. The SMILES string of the molecule is Cl.O=C(NC1CC2CCC(C1)N2)c1ccccc1Oc1ccccc1. The fourth-order valence-corrected chi connectivity index (χ4v) is 3.80. The zero-order valence-electron chi connectivity index (χ0n) is 14.0. The molecular weight excluding hydrogens is 336 g/mol. The van der Waals surface area contributed by atoms with Crippen molar-refractivity contribution in [2.75, 3.05) is 0 Å². The highest BCUT2D eigenvalue weighted by Crippen LogP contribution is 2.28. The predicted molar refractivity (Wildman–Crippen MR) is 101 cm³/mol. The van der Waals surface area contributed by atoms with Crippen LogP contribution in [0.5, 0.6) is 11.5 Å². The van der Waals surface area contributed by atoms with Gasteiger partial charge in [-0.15, -0.1) is 12.4 Å². The number of hydrogen-bond donors (Lipinski definition) is 2. The molecule has 2 aliphatic rings. The van der Waals surface area contributed by atoms with Crippen LogP contribution in [0.1, 0.15) is 36.0 Å². The number of fused-ring (bicyclic) bond motifs is 2. The van der Waals surface area contributed by atoms with Crippen LogP contribution >= 0.6 is 12.4 Å². The summed E-state index contributed by atoms with van der Waals surface area (Å²) in [5.41, 5.74) is 0.590. The van der Waals surface area contributed by atoms with E-state index in [0.29, 0.717) is 23.4 Å². The molecule has 4 rings (SSSR count). The van der Waals surface area contributed by atoms with Crippen LogP contribution in [0.2, 0.25) is 0 Å². The second-order valence-electron chi connectivity index (χ2n) is 6.69. The maximum Gasteiger partial charge on any atom is 0.255 e. The molecule has 2 aromatic carbocycles. The first-order valence-electron chi connectivity index (χ1n) is 8.67. The Bertz CT molecular complexity index is 711. The van der Waals surface area contributed by atoms with E-state index in [1.807, 2.05) is 54.6 Å². The Morgan fingerprint density at radius 1 is 0.960 bits per heavy atom. The summed E-state index contributed by atoms with van der Waals surface area (Å²) in [5.74, 6) is 1.28. The van der Waals surface area contributed by atoms with Crippen LogP contribution in [-0.2, 0) is 0 Å². The zero-order chi connectivity index (χ0) is 16.4. The lowest BCUT2D eigenvalue weighted by atomic mass is 9.99. The molecule has 2 fully saturated rings. The van der Waals surface area contributed by atoms with Gasteiger partial charge in [-0.05, 0) is 49.9 Å². The molecule has 2 N–H and O–H groups in total. The predicted octanol–water partition coefficient (Wildman–Crippen LogP) is 3.91. The molecule has 0 radical (unpaired) electrons. The second-order valence-corrected chi connectivity index (χ2v) is 6.69. The Morgan fingerprint density at radius 3 is 2.32 bits per heavy atom. The summed E-state index contributed by atoms with van der Waals surface area (Å²) >= 11 is 0. The van der Waals surface area contributed by atoms with E-state index in [4.69, 9.17) is 4.74 Å². The van der Waals surface area contributed by atoms with Crippen molar-refractivity contribution in [2.45, 2.75) is 43.8 Å². The average Bonchev–Trinajstić information content (AvgIpc) is 2.95. The molecule has 2 unspecified atom stereocenters. The summed E-state index contributed by atoms with van der Waals surface area (Å²) in [6.07, 6.45) is 4.49. The minimum absolute atomic E-state index is 0. The number of amides is 1. The van der Waals surface area contributed by atoms with Crippen molar-refractivity contribution in [1.82, 2.24) is 10.6 Å². The van der Waals surface area contributed by atoms with Crippen LogP contribution in [0.15, 0.2) is 54.6 Å². The summed E-state index contributed by atoms with van der Waals surface area (Å²) in [7, 11) is 0. The number of halogens is 1. The molecule has 2 saturated heterocycles. The number of carbonyl (C=O) groups is 1. The quantitative estimate of drug-likeness (QED) is 0.871. The molecule has 2 bridgehead atoms. The lowest BCUT2D eigenvalue weighted by Crippen LogP contribution is -2.48. The van der Waals surface area contributed by atoms with Gasteiger partial charge in [-0.3, -0.25) is 4.79 Å². The number of hydrogen-bond acceptors (Lipinski definition) is 3. The monoisotopic (exact) mass is 358 g/mol. The highest BCUT2D eigenvalue weighted by atomic mass is 35.5. The standard InChI is InChI=1S/C20H22N2O2.ClH/c23-20(22-16-12-14-10-11-15(13-16)21-14)18-8-4-5-9-19(18)24-17-6-2-1-3-7-17;/h1-9,14-16,21H,10-13H2,(H,22,23);1H. The number of ether oxygens (including phenoxy) is 1. The molecule has 0 aliphatic carbocycles. The van der Waals surface area contributed by atoms with E-state index in [1.165, 1.54) is 12.8 Å². The Labute approximate surface area is 154 Å². The summed E-state index contributed by atoms with van der Waals surface area (Å²) in [4.78, 5) is 12.7. The van der Waals surface area contributed by atoms with Gasteiger partial charge in [0.25, 0.3) is 5.91 Å². The largest absolute Gasteiger partial charge is 0.457 e. The van der Waals surface area contributed by atoms with E-state index in [2.05, 4.69) is 10.6 Å². The third-order valence-electron chi connectivity index (χ3n) is 4.91. The van der Waals surface area contributed by atoms with Gasteiger partial charge in [0, 0.05) is 18.1 Å². The van der Waals surface area contributed by atoms with Gasteiger partial charge in [0.1, 0.15) is 11.5 Å². The Kier molecular flexibility index (Phi) is 5.61. The normalized spacial score (nSPS) is 24.2. The van der Waals surface area contributed by atoms with Crippen LogP contribution in [0.25, 0.3) is 0 Å². The molecule has 1 amide bonds. The third kappa shape index (κ3) is 4.14. The summed E-state index contributed by atoms with van der Waals surface area (Å²) < 4.78 is 5.90. The van der Waals surface area contributed by atoms with Gasteiger partial charge < -0.3 is 15.4 Å². The first-order chi connectivity index (χ1) is 11.8. The van der Waals surface area contributed by atoms with Crippen molar-refractivity contribution < 1.29 is 9.53 Å². The van der Waals surface area contributed by atoms with Gasteiger partial charge in [0.15, 0.2) is 0 Å². The highest BCUT2D eigenvalue weighted by molar-refractivity contribution is 5.97. The van der Waals surface area contributed by atoms with Crippen LogP contribution in [0.3, 0.4) is 0 Å². The van der Waals surface area contributed by atoms with E-state index in [9.17, 15) is 4.79 Å². The van der Waals surface area contributed by atoms with Gasteiger partial charge >= 0.3 is 0 Å². The van der Waals surface area contributed by atoms with Gasteiger partial charge in [-0.25, -0.2) is 0 Å². The topological polar surface area (TPSA) is 50.4 Å². The van der Waals surface area contributed by atoms with E-state index in [1.54, 1.807) is 0 Å². The Morgan fingerprint density at radius 2 is 1.60 bits per heavy atom. The second kappa shape index (κ2) is 7.89. The lowest BCUT2D eigenvalue weighted by Gasteiger charge is -2.29. The number of rotatable bonds is 4. The highest BCUT2D eigenvalue weighted by Gasteiger charge is 2.34. The van der Waals surface area contributed by atoms with Crippen molar-refractivity contribution in [3.05, 3.63) is 60.2 Å². The molecular formula is C20H23ClN2O2. The van der Waals surface area contributed by atoms with E-state index < -0.39 is 0 Å². The minimum Gasteiger partial charge on any atom is -0.457 e. The fourth-order valence-electron chi connectivity index (χ4n) is 3.80. The van der Waals surface area contributed by atoms with Crippen molar-refractivity contribution >= 4 is 18.3 Å². The van der Waals surface area contributed by atoms with Crippen LogP contribution < -0.4 is 15.4 Å². The molecule has 0 saturated carbocycles. The molecule has 132 valence electrons. The molecule has 0 aromatic heterocycles. The average molecular weight is 359 g/mol. The molecule has 2 atom stereocenters. The number of para-hydroxylation sites is 2. The molecule has 4 nitrogen and oxygen atoms in total. The first-order valence-corrected chi connectivity index (χ1v) is 8.67. The van der Waals surface area contributed by atoms with Crippen molar-refractivity contribution in [3.8, 4) is 11.5 Å². The Hall–Kier alpha value is -2.04. The van der Waals surface area contributed by atoms with Crippen LogP contribution in [0, 0.1) is 0 Å². The fraction of sp³-hybridized carbons (Fsp3) is 0.350. The lowest BCUT2D eigenvalue weighted by molar-refractivity contribution is 0.0921. The summed E-state index contributed by atoms with van der Waals surface area (Å²) in [5, 5.41) is 6.80. The number of nitrogens with one attached hydrogen (secondary N) is 2. The smallest absolute Gasteiger partial charge is 0.255 e. The number of piperidine rings is 1. The first kappa shape index (κ1) is 17.8. The maximum atomic E-state index is 12.7. The molecule has 2 aromatic rings. The van der Waals surface area contributed by atoms with Gasteiger partial charge in [-0.1, -0.05) is 30.3 Å². The van der Waals surface area contributed by atoms with E-state index in [-0.39, 0.29) is 24.4 Å². The summed E-state index contributed by atoms with van der Waals surface area (Å²) in [6, 6.07) is 18.4. The molecule has 2 aliphatic heterocycles. The van der Waals surface area contributed by atoms with Gasteiger partial charge in [-0.2, -0.15) is 0 Å². The zero-order valence-corrected chi connectivity index (χ0v) is 14.8. The van der Waals surface area contributed by atoms with Crippen molar-refractivity contribution in [2.24, 2.45) is 0 Å². The minimum atomic E-state index is -0.0483. The third-order valence-corrected chi connectivity index (χ3v) is 4.91. The summed E-state index contributed by atoms with van der Waals surface area (Å²) in [6.45, 7) is 0. The van der Waals surface area contributed by atoms with Crippen molar-refractivity contribution in [3.63, 3.8) is 0 Å². The van der Waals surface area contributed by atoms with Gasteiger partial charge in [0.05, 0.1) is 5.56 Å².